The summed E-state index contributed by atoms with van der Waals surface area (Å²) in [6.07, 6.45) is 1.24. The summed E-state index contributed by atoms with van der Waals surface area (Å²) in [7, 11) is 0. The van der Waals surface area contributed by atoms with Crippen molar-refractivity contribution in [2.24, 2.45) is 0 Å². The number of nitrogens with one attached hydrogen (secondary N) is 1. The van der Waals surface area contributed by atoms with E-state index in [1.165, 1.54) is 23.5 Å². The van der Waals surface area contributed by atoms with Crippen LogP contribution in [0.1, 0.15) is 24.7 Å². The predicted molar refractivity (Wildman–Crippen MR) is 79.8 cm³/mol. The van der Waals surface area contributed by atoms with Crippen LogP contribution in [-0.2, 0) is 0 Å². The van der Waals surface area contributed by atoms with E-state index < -0.39 is 0 Å². The summed E-state index contributed by atoms with van der Waals surface area (Å²) in [5.41, 5.74) is 1.18. The van der Waals surface area contributed by atoms with Gasteiger partial charge in [0.1, 0.15) is 17.5 Å². The second-order valence-electron chi connectivity index (χ2n) is 4.55. The second kappa shape index (κ2) is 6.27. The molecule has 1 aromatic rings. The molecule has 0 unspecified atom stereocenters. The second-order valence-corrected chi connectivity index (χ2v) is 5.78. The van der Waals surface area contributed by atoms with Crippen LogP contribution < -0.4 is 10.2 Å². The lowest BCUT2D eigenvalue weighted by Crippen LogP contribution is -2.28. The van der Waals surface area contributed by atoms with E-state index in [4.69, 9.17) is 0 Å². The number of hydrogen-bond acceptors (Lipinski definition) is 5. The van der Waals surface area contributed by atoms with Gasteiger partial charge in [0.05, 0.1) is 0 Å². The SMILES string of the molecule is CCNc1nc(C)nc(N2CCCSCC2)c1C. The van der Waals surface area contributed by atoms with Crippen molar-refractivity contribution in [1.29, 1.82) is 0 Å². The quantitative estimate of drug-likeness (QED) is 0.910. The van der Waals surface area contributed by atoms with Crippen molar-refractivity contribution in [3.8, 4) is 0 Å². The van der Waals surface area contributed by atoms with Gasteiger partial charge in [-0.25, -0.2) is 9.97 Å². The molecule has 1 aliphatic rings. The molecule has 0 radical (unpaired) electrons. The summed E-state index contributed by atoms with van der Waals surface area (Å²) in [5.74, 6) is 5.40. The normalized spacial score (nSPS) is 16.5. The van der Waals surface area contributed by atoms with Crippen molar-refractivity contribution in [2.45, 2.75) is 27.2 Å². The first-order valence-corrected chi connectivity index (χ1v) is 7.79. The van der Waals surface area contributed by atoms with E-state index in [9.17, 15) is 0 Å². The van der Waals surface area contributed by atoms with Crippen molar-refractivity contribution < 1.29 is 0 Å². The van der Waals surface area contributed by atoms with Crippen molar-refractivity contribution in [3.05, 3.63) is 11.4 Å². The van der Waals surface area contributed by atoms with E-state index in [1.54, 1.807) is 0 Å². The van der Waals surface area contributed by atoms with E-state index in [0.29, 0.717) is 0 Å². The highest BCUT2D eigenvalue weighted by Crippen LogP contribution is 2.25. The summed E-state index contributed by atoms with van der Waals surface area (Å²) in [5, 5.41) is 3.33. The molecule has 18 heavy (non-hydrogen) atoms. The van der Waals surface area contributed by atoms with Gasteiger partial charge in [0.15, 0.2) is 0 Å². The van der Waals surface area contributed by atoms with Crippen LogP contribution in [-0.4, -0.2) is 41.1 Å². The topological polar surface area (TPSA) is 41.1 Å². The van der Waals surface area contributed by atoms with Crippen molar-refractivity contribution >= 4 is 23.4 Å². The molecule has 0 bridgehead atoms. The first-order chi connectivity index (χ1) is 8.72. The first kappa shape index (κ1) is 13.5. The molecule has 0 aliphatic carbocycles. The number of hydrogen-bond donors (Lipinski definition) is 1. The Morgan fingerprint density at radius 3 is 2.83 bits per heavy atom. The van der Waals surface area contributed by atoms with Crippen LogP contribution >= 0.6 is 11.8 Å². The minimum absolute atomic E-state index is 0.850. The van der Waals surface area contributed by atoms with E-state index in [1.807, 2.05) is 18.7 Å². The molecule has 0 amide bonds. The van der Waals surface area contributed by atoms with E-state index in [0.717, 1.165) is 37.1 Å². The number of anilines is 2. The maximum absolute atomic E-state index is 4.65. The van der Waals surface area contributed by atoms with Crippen LogP contribution in [0.2, 0.25) is 0 Å². The third-order valence-corrected chi connectivity index (χ3v) is 4.15. The highest BCUT2D eigenvalue weighted by atomic mass is 32.2. The molecule has 4 nitrogen and oxygen atoms in total. The Kier molecular flexibility index (Phi) is 4.69. The van der Waals surface area contributed by atoms with Crippen LogP contribution in [0.3, 0.4) is 0 Å². The van der Waals surface area contributed by atoms with Gasteiger partial charge in [0, 0.05) is 31.0 Å². The Morgan fingerprint density at radius 2 is 2.06 bits per heavy atom. The molecule has 0 atom stereocenters. The summed E-state index contributed by atoms with van der Waals surface area (Å²) >= 11 is 2.04. The maximum atomic E-state index is 4.65. The molecular formula is C13H22N4S. The Balaban J connectivity index is 2.30. The lowest BCUT2D eigenvalue weighted by Gasteiger charge is -2.24. The fraction of sp³-hybridized carbons (Fsp3) is 0.692. The molecule has 1 aliphatic heterocycles. The lowest BCUT2D eigenvalue weighted by atomic mass is 10.2. The van der Waals surface area contributed by atoms with Crippen molar-refractivity contribution in [3.63, 3.8) is 0 Å². The third kappa shape index (κ3) is 3.07. The molecule has 2 heterocycles. The molecule has 0 aromatic carbocycles. The monoisotopic (exact) mass is 266 g/mol. The molecule has 5 heteroatoms. The van der Waals surface area contributed by atoms with Crippen molar-refractivity contribution in [2.75, 3.05) is 41.4 Å². The average molecular weight is 266 g/mol. The zero-order valence-electron chi connectivity index (χ0n) is 11.5. The molecule has 0 saturated carbocycles. The van der Waals surface area contributed by atoms with Crippen LogP contribution in [0.5, 0.6) is 0 Å². The Labute approximate surface area is 114 Å². The van der Waals surface area contributed by atoms with Crippen LogP contribution in [0.15, 0.2) is 0 Å². The van der Waals surface area contributed by atoms with Crippen LogP contribution in [0.25, 0.3) is 0 Å². The van der Waals surface area contributed by atoms with Gasteiger partial charge in [-0.15, -0.1) is 0 Å². The highest BCUT2D eigenvalue weighted by molar-refractivity contribution is 7.99. The van der Waals surface area contributed by atoms with E-state index in [-0.39, 0.29) is 0 Å². The van der Waals surface area contributed by atoms with Crippen LogP contribution in [0.4, 0.5) is 11.6 Å². The predicted octanol–water partition coefficient (Wildman–Crippen LogP) is 2.47. The molecule has 1 saturated heterocycles. The molecule has 0 spiro atoms. The van der Waals surface area contributed by atoms with Crippen molar-refractivity contribution in [1.82, 2.24) is 9.97 Å². The zero-order chi connectivity index (χ0) is 13.0. The largest absolute Gasteiger partial charge is 0.370 e. The fourth-order valence-electron chi connectivity index (χ4n) is 2.22. The van der Waals surface area contributed by atoms with E-state index >= 15 is 0 Å². The summed E-state index contributed by atoms with van der Waals surface area (Å²) in [4.78, 5) is 11.5. The Bertz CT molecular complexity index is 400. The van der Waals surface area contributed by atoms with Gasteiger partial charge >= 0.3 is 0 Å². The Morgan fingerprint density at radius 1 is 1.22 bits per heavy atom. The summed E-state index contributed by atoms with van der Waals surface area (Å²) < 4.78 is 0. The van der Waals surface area contributed by atoms with Gasteiger partial charge in [0.2, 0.25) is 0 Å². The Hall–Kier alpha value is -0.970. The van der Waals surface area contributed by atoms with Gasteiger partial charge in [-0.05, 0) is 32.9 Å². The fourth-order valence-corrected chi connectivity index (χ4v) is 3.11. The number of aromatic nitrogens is 2. The molecule has 2 rings (SSSR count). The van der Waals surface area contributed by atoms with Gasteiger partial charge in [-0.2, -0.15) is 11.8 Å². The molecule has 1 fully saturated rings. The minimum atomic E-state index is 0.850. The highest BCUT2D eigenvalue weighted by Gasteiger charge is 2.16. The zero-order valence-corrected chi connectivity index (χ0v) is 12.3. The summed E-state index contributed by atoms with van der Waals surface area (Å²) in [6, 6.07) is 0. The number of thioether (sulfide) groups is 1. The smallest absolute Gasteiger partial charge is 0.137 e. The number of aryl methyl sites for hydroxylation is 1. The van der Waals surface area contributed by atoms with Gasteiger partial charge in [0.25, 0.3) is 0 Å². The van der Waals surface area contributed by atoms with Gasteiger partial charge in [-0.1, -0.05) is 0 Å². The minimum Gasteiger partial charge on any atom is -0.370 e. The number of nitrogens with zero attached hydrogens (tertiary/aromatic N) is 3. The van der Waals surface area contributed by atoms with Gasteiger partial charge < -0.3 is 10.2 Å². The van der Waals surface area contributed by atoms with Crippen LogP contribution in [0, 0.1) is 13.8 Å². The maximum Gasteiger partial charge on any atom is 0.137 e. The molecule has 1 N–H and O–H groups in total. The number of rotatable bonds is 3. The lowest BCUT2D eigenvalue weighted by molar-refractivity contribution is 0.789. The average Bonchev–Trinajstić information content (AvgIpc) is 2.62. The third-order valence-electron chi connectivity index (χ3n) is 3.10. The molecule has 1 aromatic heterocycles. The summed E-state index contributed by atoms with van der Waals surface area (Å²) in [6.45, 7) is 9.27. The standard InChI is InChI=1S/C13H22N4S/c1-4-14-12-10(2)13(16-11(3)15-12)17-6-5-8-18-9-7-17/h4-9H2,1-3H3,(H,14,15,16). The first-order valence-electron chi connectivity index (χ1n) is 6.64. The molecule has 100 valence electrons. The molecular weight excluding hydrogens is 244 g/mol. The van der Waals surface area contributed by atoms with E-state index in [2.05, 4.69) is 34.0 Å². The van der Waals surface area contributed by atoms with Gasteiger partial charge in [-0.3, -0.25) is 0 Å².